The molecule has 2 aromatic heterocycles. The molecule has 0 fully saturated rings. The van der Waals surface area contributed by atoms with Crippen LogP contribution < -0.4 is 11.1 Å². The Balaban J connectivity index is 2.18. The molecule has 6 heteroatoms. The minimum Gasteiger partial charge on any atom is -0.369 e. The van der Waals surface area contributed by atoms with Crippen molar-refractivity contribution in [1.82, 2.24) is 9.78 Å². The Morgan fingerprint density at radius 1 is 1.59 bits per heavy atom. The highest BCUT2D eigenvalue weighted by Crippen LogP contribution is 2.35. The summed E-state index contributed by atoms with van der Waals surface area (Å²) in [4.78, 5) is 2.40. The lowest BCUT2D eigenvalue weighted by Crippen LogP contribution is -2.23. The number of thiophene rings is 1. The van der Waals surface area contributed by atoms with Gasteiger partial charge in [-0.15, -0.1) is 11.3 Å². The molecule has 3 rings (SSSR count). The molecule has 5 nitrogen and oxygen atoms in total. The van der Waals surface area contributed by atoms with E-state index in [-0.39, 0.29) is 5.96 Å². The molecule has 3 heterocycles. The Hall–Kier alpha value is -1.82. The quantitative estimate of drug-likeness (QED) is 0.529. The molecule has 0 aliphatic carbocycles. The summed E-state index contributed by atoms with van der Waals surface area (Å²) in [6.45, 7) is 2.96. The van der Waals surface area contributed by atoms with Gasteiger partial charge < -0.3 is 11.1 Å². The zero-order valence-corrected chi connectivity index (χ0v) is 10.3. The van der Waals surface area contributed by atoms with Gasteiger partial charge in [-0.25, -0.2) is 0 Å². The van der Waals surface area contributed by atoms with Crippen LogP contribution in [0.1, 0.15) is 10.4 Å². The van der Waals surface area contributed by atoms with Gasteiger partial charge in [0.2, 0.25) is 5.96 Å². The third-order valence-electron chi connectivity index (χ3n) is 2.85. The highest BCUT2D eigenvalue weighted by Gasteiger charge is 2.24. The van der Waals surface area contributed by atoms with Crippen molar-refractivity contribution in [3.8, 4) is 10.6 Å². The highest BCUT2D eigenvalue weighted by atomic mass is 32.1. The van der Waals surface area contributed by atoms with E-state index in [9.17, 15) is 0 Å². The number of fused-ring (bicyclic) bond motifs is 1. The molecule has 0 spiro atoms. The molecule has 17 heavy (non-hydrogen) atoms. The van der Waals surface area contributed by atoms with Crippen molar-refractivity contribution < 1.29 is 0 Å². The second kappa shape index (κ2) is 3.59. The average Bonchev–Trinajstić information content (AvgIpc) is 2.90. The van der Waals surface area contributed by atoms with Gasteiger partial charge in [0.05, 0.1) is 4.88 Å². The fourth-order valence-electron chi connectivity index (χ4n) is 2.11. The third-order valence-corrected chi connectivity index (χ3v) is 3.86. The Morgan fingerprint density at radius 2 is 2.41 bits per heavy atom. The van der Waals surface area contributed by atoms with Crippen LogP contribution in [0.2, 0.25) is 0 Å². The largest absolute Gasteiger partial charge is 0.369 e. The van der Waals surface area contributed by atoms with Crippen LogP contribution in [0.5, 0.6) is 0 Å². The zero-order chi connectivity index (χ0) is 12.0. The molecule has 4 N–H and O–H groups in total. The summed E-state index contributed by atoms with van der Waals surface area (Å²) in [7, 11) is 0. The van der Waals surface area contributed by atoms with E-state index in [1.54, 1.807) is 11.3 Å². The molecule has 0 aromatic carbocycles. The molecule has 1 aliphatic rings. The van der Waals surface area contributed by atoms with Gasteiger partial charge in [-0.2, -0.15) is 9.78 Å². The Kier molecular flexibility index (Phi) is 2.19. The van der Waals surface area contributed by atoms with Crippen LogP contribution in [-0.4, -0.2) is 22.3 Å². The lowest BCUT2D eigenvalue weighted by Gasteiger charge is -2.01. The van der Waals surface area contributed by atoms with Crippen LogP contribution in [0.25, 0.3) is 10.6 Å². The number of nitrogens with one attached hydrogen (secondary N) is 2. The number of anilines is 1. The molecule has 88 valence electrons. The molecular formula is C11H13N5S. The topological polar surface area (TPSA) is 79.7 Å². The van der Waals surface area contributed by atoms with Crippen molar-refractivity contribution in [3.63, 3.8) is 0 Å². The van der Waals surface area contributed by atoms with Crippen molar-refractivity contribution in [2.75, 3.05) is 11.9 Å². The highest BCUT2D eigenvalue weighted by molar-refractivity contribution is 7.15. The number of nitrogen functional groups attached to an aromatic ring is 1. The summed E-state index contributed by atoms with van der Waals surface area (Å²) in [5.41, 5.74) is 7.66. The normalized spacial score (nSPS) is 13.5. The van der Waals surface area contributed by atoms with Crippen molar-refractivity contribution in [2.24, 2.45) is 5.73 Å². The minimum absolute atomic E-state index is 0.0461. The molecule has 0 saturated heterocycles. The van der Waals surface area contributed by atoms with Crippen molar-refractivity contribution >= 4 is 23.1 Å². The molecule has 0 saturated carbocycles. The monoisotopic (exact) mass is 247 g/mol. The van der Waals surface area contributed by atoms with Gasteiger partial charge in [0.1, 0.15) is 11.5 Å². The first-order chi connectivity index (χ1) is 8.16. The number of nitrogens with zero attached hydrogens (tertiary/aromatic N) is 2. The number of aryl methyl sites for hydroxylation is 1. The Labute approximate surface area is 103 Å². The molecule has 2 aromatic rings. The van der Waals surface area contributed by atoms with Gasteiger partial charge in [-0.3, -0.25) is 5.41 Å². The molecule has 0 bridgehead atoms. The van der Waals surface area contributed by atoms with Crippen LogP contribution in [0.15, 0.2) is 12.1 Å². The van der Waals surface area contributed by atoms with Gasteiger partial charge in [0, 0.05) is 17.0 Å². The predicted octanol–water partition coefficient (Wildman–Crippen LogP) is 1.63. The third kappa shape index (κ3) is 1.52. The Morgan fingerprint density at radius 3 is 3.06 bits per heavy atom. The van der Waals surface area contributed by atoms with E-state index in [2.05, 4.69) is 29.5 Å². The summed E-state index contributed by atoms with van der Waals surface area (Å²) in [6, 6.07) is 4.16. The first-order valence-electron chi connectivity index (χ1n) is 5.44. The van der Waals surface area contributed by atoms with E-state index >= 15 is 0 Å². The van der Waals surface area contributed by atoms with Crippen LogP contribution >= 0.6 is 11.3 Å². The van der Waals surface area contributed by atoms with E-state index in [1.165, 1.54) is 15.1 Å². The molecule has 1 aliphatic heterocycles. The summed E-state index contributed by atoms with van der Waals surface area (Å²) in [5, 5.41) is 15.2. The van der Waals surface area contributed by atoms with Crippen LogP contribution in [-0.2, 0) is 6.42 Å². The lowest BCUT2D eigenvalue weighted by molar-refractivity contribution is 0.912. The molecular weight excluding hydrogens is 234 g/mol. The fourth-order valence-corrected chi connectivity index (χ4v) is 2.99. The fraction of sp³-hybridized carbons (Fsp3) is 0.273. The standard InChI is InChI=1S/C11H13N5S/c1-6-2-3-8(17-6)9-7-4-5-14-10(7)16(15-9)11(12)13/h2-3,14H,4-5H2,1H3,(H3,12,13). The molecule has 0 unspecified atom stereocenters. The summed E-state index contributed by atoms with van der Waals surface area (Å²) in [6.07, 6.45) is 0.939. The van der Waals surface area contributed by atoms with Crippen molar-refractivity contribution in [2.45, 2.75) is 13.3 Å². The Bertz CT molecular complexity index is 595. The second-order valence-electron chi connectivity index (χ2n) is 4.06. The maximum absolute atomic E-state index is 7.53. The van der Waals surface area contributed by atoms with E-state index < -0.39 is 0 Å². The van der Waals surface area contributed by atoms with Crippen LogP contribution in [0.4, 0.5) is 5.82 Å². The van der Waals surface area contributed by atoms with Crippen LogP contribution in [0.3, 0.4) is 0 Å². The summed E-state index contributed by atoms with van der Waals surface area (Å²) < 4.78 is 1.48. The van der Waals surface area contributed by atoms with Crippen molar-refractivity contribution in [3.05, 3.63) is 22.6 Å². The van der Waals surface area contributed by atoms with Gasteiger partial charge in [0.25, 0.3) is 0 Å². The number of aromatic nitrogens is 2. The number of rotatable bonds is 1. The molecule has 0 amide bonds. The molecule has 0 radical (unpaired) electrons. The second-order valence-corrected chi connectivity index (χ2v) is 5.35. The predicted molar refractivity (Wildman–Crippen MR) is 69.8 cm³/mol. The van der Waals surface area contributed by atoms with Crippen LogP contribution in [0, 0.1) is 12.3 Å². The number of nitrogens with two attached hydrogens (primary N) is 1. The number of hydrogen-bond donors (Lipinski definition) is 3. The maximum Gasteiger partial charge on any atom is 0.215 e. The van der Waals surface area contributed by atoms with Gasteiger partial charge >= 0.3 is 0 Å². The maximum atomic E-state index is 7.53. The van der Waals surface area contributed by atoms with E-state index in [4.69, 9.17) is 11.1 Å². The average molecular weight is 247 g/mol. The SMILES string of the molecule is Cc1ccc(-c2nn(C(=N)N)c3c2CCN3)s1. The first-order valence-corrected chi connectivity index (χ1v) is 6.25. The lowest BCUT2D eigenvalue weighted by atomic mass is 10.2. The summed E-state index contributed by atoms with van der Waals surface area (Å²) >= 11 is 1.72. The smallest absolute Gasteiger partial charge is 0.215 e. The van der Waals surface area contributed by atoms with E-state index in [0.29, 0.717) is 0 Å². The van der Waals surface area contributed by atoms with Gasteiger partial charge in [-0.1, -0.05) is 0 Å². The van der Waals surface area contributed by atoms with E-state index in [0.717, 1.165) is 29.4 Å². The van der Waals surface area contributed by atoms with E-state index in [1.807, 2.05) is 0 Å². The first kappa shape index (κ1) is 10.3. The van der Waals surface area contributed by atoms with Gasteiger partial charge in [0.15, 0.2) is 0 Å². The van der Waals surface area contributed by atoms with Gasteiger partial charge in [-0.05, 0) is 25.5 Å². The van der Waals surface area contributed by atoms with Crippen molar-refractivity contribution in [1.29, 1.82) is 5.41 Å². The minimum atomic E-state index is -0.0461. The number of hydrogen-bond acceptors (Lipinski definition) is 4. The summed E-state index contributed by atoms with van der Waals surface area (Å²) in [5.74, 6) is 0.828. The zero-order valence-electron chi connectivity index (χ0n) is 9.45. The molecule has 0 atom stereocenters.